The molecule has 0 aliphatic carbocycles. The van der Waals surface area contributed by atoms with Crippen molar-refractivity contribution in [3.05, 3.63) is 306 Å². The van der Waals surface area contributed by atoms with Gasteiger partial charge < -0.3 is 21.5 Å². The first-order valence-corrected chi connectivity index (χ1v) is 39.9. The van der Waals surface area contributed by atoms with Gasteiger partial charge in [-0.3, -0.25) is 59.4 Å². The average molecular weight is 1790 g/mol. The molecule has 11 aromatic rings. The Morgan fingerprint density at radius 2 is 0.936 bits per heavy atom. The Hall–Kier alpha value is -12.9. The van der Waals surface area contributed by atoms with Crippen LogP contribution < -0.4 is 16.4 Å². The number of carbonyl (C=O) groups excluding carboxylic acids is 3. The lowest BCUT2D eigenvalue weighted by atomic mass is 9.98. The lowest BCUT2D eigenvalue weighted by molar-refractivity contribution is -0.384. The summed E-state index contributed by atoms with van der Waals surface area (Å²) in [6, 6.07) is 23.3. The zero-order chi connectivity index (χ0) is 92.1. The van der Waals surface area contributed by atoms with Gasteiger partial charge in [0.05, 0.1) is 81.3 Å². The Bertz CT molecular complexity index is 5400. The average Bonchev–Trinajstić information content (AvgIpc) is 1.69. The van der Waals surface area contributed by atoms with Crippen molar-refractivity contribution in [3.8, 4) is 45.0 Å². The molecule has 1 aliphatic heterocycles. The molecule has 0 saturated carbocycles. The number of nitrogens with one attached hydrogen (secondary N) is 2. The summed E-state index contributed by atoms with van der Waals surface area (Å²) in [5.74, 6) is -0.633. The number of halogens is 11. The van der Waals surface area contributed by atoms with Crippen LogP contribution >= 0.6 is 34.8 Å². The Labute approximate surface area is 733 Å². The quantitative estimate of drug-likeness (QED) is 0.0122. The van der Waals surface area contributed by atoms with E-state index in [4.69, 9.17) is 40.5 Å². The molecule has 0 fully saturated rings. The fourth-order valence-corrected chi connectivity index (χ4v) is 12.3. The standard InChI is InChI=1S/C19H22F2N4O.C17H18F2N4O.C14H14F2N4O2.C14H16F2N4.C10H12ClN.C9H10ClNO.C6H4ClNO/c1-5-7-13(4)15-10-14(8-9-22-15)17-16(11-23-25(17)19(20)21)24-18(26)12(3)6-2;1-10-4-3-5-11(2)16(24)22-14-9-21-23(17(18)19)15(14)12-6-7-20-13(10)8-12;1-3-4-9(2)11-7-10(5-6-17-11)13-12(20(21)22)8-18-19(13)14(15)16;1-3-4-9(2)12-7-10(5-6-18-12)13-11(17)8-19-20(13)14(15)16;1-3-4-8(2)10-7-9(11)5-6-12-10;1-2-3-9(12)8-6-7(10)4-5-11-8;7-5-1-2-8-6(3-5)4-9/h5-6,8-13,19H,1-2,7H2,3-4H3,(H,24,26);3,5-11,17H,4H2,1-2H3,(H,22,24);3,5-9,14H,1,4H2,2H3;3,5-9,14H,1,4,17H2,2H3;3,5-8H,1,4H2,2H3;2,4-6,9,12H,1,3H2;1-4H/b;5-3+;;;;;/t12-,13?;10?,11-;;;;;/m11...../s1. The molecule has 12 rings (SSSR count). The van der Waals surface area contributed by atoms with Crippen molar-refractivity contribution in [1.29, 1.82) is 0 Å². The van der Waals surface area contributed by atoms with E-state index in [0.29, 0.717) is 94.0 Å². The molecule has 8 atom stereocenters. The zero-order valence-electron chi connectivity index (χ0n) is 69.4. The number of nitrogens with zero attached hydrogens (tertiary/aromatic N) is 16. The van der Waals surface area contributed by atoms with Crippen molar-refractivity contribution in [2.24, 2.45) is 11.8 Å². The maximum atomic E-state index is 13.4. The monoisotopic (exact) mass is 1780 g/mol. The van der Waals surface area contributed by atoms with Gasteiger partial charge in [-0.1, -0.05) is 132 Å². The first-order valence-electron chi connectivity index (χ1n) is 38.8. The highest BCUT2D eigenvalue weighted by molar-refractivity contribution is 6.31. The van der Waals surface area contributed by atoms with Crippen LogP contribution in [0.4, 0.5) is 57.9 Å². The van der Waals surface area contributed by atoms with Gasteiger partial charge in [0, 0.05) is 139 Å². The number of rotatable bonds is 27. The van der Waals surface area contributed by atoms with E-state index in [-0.39, 0.29) is 86.8 Å². The van der Waals surface area contributed by atoms with Crippen LogP contribution in [-0.2, 0) is 9.59 Å². The van der Waals surface area contributed by atoms with Crippen molar-refractivity contribution in [2.75, 3.05) is 16.4 Å². The summed E-state index contributed by atoms with van der Waals surface area (Å²) in [7, 11) is 0. The minimum absolute atomic E-state index is 0.0272. The molecule has 0 spiro atoms. The van der Waals surface area contributed by atoms with Gasteiger partial charge in [-0.05, 0) is 123 Å². The second kappa shape index (κ2) is 50.7. The first-order chi connectivity index (χ1) is 59.6. The molecule has 5 N–H and O–H groups in total. The smallest absolute Gasteiger partial charge is 0.334 e. The van der Waals surface area contributed by atoms with Crippen LogP contribution in [0.1, 0.15) is 194 Å². The third kappa shape index (κ3) is 30.0. The molecule has 1 aliphatic rings. The molecule has 0 aromatic carbocycles. The van der Waals surface area contributed by atoms with E-state index in [1.54, 1.807) is 136 Å². The highest BCUT2D eigenvalue weighted by Crippen LogP contribution is 2.39. The minimum atomic E-state index is -2.97. The van der Waals surface area contributed by atoms with Crippen molar-refractivity contribution < 1.29 is 59.5 Å². The van der Waals surface area contributed by atoms with E-state index in [1.807, 2.05) is 52.0 Å². The number of hydrogen-bond acceptors (Lipinski definition) is 18. The lowest BCUT2D eigenvalue weighted by Gasteiger charge is -2.15. The van der Waals surface area contributed by atoms with Crippen molar-refractivity contribution in [2.45, 2.75) is 149 Å². The van der Waals surface area contributed by atoms with E-state index < -0.39 is 48.8 Å². The van der Waals surface area contributed by atoms with Crippen LogP contribution in [0.25, 0.3) is 45.0 Å². The molecule has 2 amide bonds. The summed E-state index contributed by atoms with van der Waals surface area (Å²) in [6.45, 7) is 23.9. The molecule has 125 heavy (non-hydrogen) atoms. The Balaban J connectivity index is 0.000000231. The van der Waals surface area contributed by atoms with Crippen LogP contribution in [0.5, 0.6) is 0 Å². The van der Waals surface area contributed by atoms with Crippen molar-refractivity contribution in [1.82, 2.24) is 74.0 Å². The topological polar surface area (TPSA) is 326 Å². The number of anilines is 3. The number of allylic oxidation sites excluding steroid dienone is 5. The second-order valence-electron chi connectivity index (χ2n) is 28.1. The molecule has 25 nitrogen and oxygen atoms in total. The first kappa shape index (κ1) is 101. The van der Waals surface area contributed by atoms with Gasteiger partial charge in [0.25, 0.3) is 0 Å². The predicted molar refractivity (Wildman–Crippen MR) is 472 cm³/mol. The van der Waals surface area contributed by atoms with Gasteiger partial charge in [-0.2, -0.15) is 60.2 Å². The van der Waals surface area contributed by atoms with Gasteiger partial charge in [-0.15, -0.1) is 39.5 Å². The summed E-state index contributed by atoms with van der Waals surface area (Å²) in [4.78, 5) is 73.8. The number of aliphatic hydroxyl groups excluding tert-OH is 1. The molecule has 0 saturated heterocycles. The second-order valence-corrected chi connectivity index (χ2v) is 29.4. The number of alkyl halides is 8. The molecular formula is C89H96Cl3F8N19O6. The number of carbonyl (C=O) groups is 3. The van der Waals surface area contributed by atoms with Crippen molar-refractivity contribution >= 4 is 75.7 Å². The summed E-state index contributed by atoms with van der Waals surface area (Å²) >= 11 is 17.1. The molecule has 6 unspecified atom stereocenters. The van der Waals surface area contributed by atoms with Gasteiger partial charge in [0.2, 0.25) is 11.8 Å². The molecule has 12 heterocycles. The zero-order valence-corrected chi connectivity index (χ0v) is 71.7. The fourth-order valence-electron chi connectivity index (χ4n) is 11.8. The Morgan fingerprint density at radius 3 is 1.39 bits per heavy atom. The molecule has 660 valence electrons. The maximum Gasteiger partial charge on any atom is 0.334 e. The summed E-state index contributed by atoms with van der Waals surface area (Å²) in [6.07, 6.45) is 34.0. The van der Waals surface area contributed by atoms with E-state index in [9.17, 15) is 64.7 Å². The highest BCUT2D eigenvalue weighted by atomic mass is 35.5. The van der Waals surface area contributed by atoms with Crippen LogP contribution in [-0.4, -0.2) is 102 Å². The van der Waals surface area contributed by atoms with Crippen LogP contribution in [0.2, 0.25) is 15.1 Å². The van der Waals surface area contributed by atoms with Gasteiger partial charge in [0.1, 0.15) is 11.9 Å². The largest absolute Gasteiger partial charge is 0.396 e. The number of nitrogen functional groups attached to an aromatic ring is 1. The highest BCUT2D eigenvalue weighted by Gasteiger charge is 2.29. The number of nitro groups is 1. The summed E-state index contributed by atoms with van der Waals surface area (Å²) < 4.78 is 108. The molecular weight excluding hydrogens is 1690 g/mol. The number of hydrogen-bond donors (Lipinski definition) is 4. The van der Waals surface area contributed by atoms with Gasteiger partial charge >= 0.3 is 31.9 Å². The molecule has 11 aromatic heterocycles. The summed E-state index contributed by atoms with van der Waals surface area (Å²) in [5.41, 5.74) is 13.2. The number of nitrogens with two attached hydrogens (primary N) is 1. The number of aldehydes is 1. The SMILES string of the molecule is C=CCC(C)c1cc(-c2c(N)cnn2C(F)F)ccn1.C=CCC(C)c1cc(-c2c(NC(=O)[C@H](C)C=C)cnn2C(F)F)ccn1.C=CCC(C)c1cc(-c2c([N+](=O)[O-])cnn2C(F)F)ccn1.C=CCC(C)c1cc(Cl)ccn1.C=CCC(O)c1cc(Cl)ccn1.CC1C/C=C/[C@@H](C)C(=O)Nc2cnn(C(F)F)c2-c2ccnc1c2.O=Cc1cc(Cl)ccn1. The van der Waals surface area contributed by atoms with E-state index in [2.05, 4.69) is 112 Å². The number of amides is 2. The summed E-state index contributed by atoms with van der Waals surface area (Å²) in [5, 5.41) is 42.2. The van der Waals surface area contributed by atoms with E-state index in [1.165, 1.54) is 49.2 Å². The third-order valence-corrected chi connectivity index (χ3v) is 19.3. The van der Waals surface area contributed by atoms with Crippen LogP contribution in [0.3, 0.4) is 0 Å². The number of aromatic nitrogens is 15. The Kier molecular flexibility index (Phi) is 40.9. The molecule has 36 heteroatoms. The van der Waals surface area contributed by atoms with E-state index >= 15 is 0 Å². The molecule has 2 bridgehead atoms. The van der Waals surface area contributed by atoms with Gasteiger partial charge in [0.15, 0.2) is 12.0 Å². The molecule has 0 radical (unpaired) electrons. The van der Waals surface area contributed by atoms with Crippen LogP contribution in [0.15, 0.2) is 241 Å². The lowest BCUT2D eigenvalue weighted by Crippen LogP contribution is -2.19. The fraction of sp³-hybridized carbons (Fsp3) is 0.281. The Morgan fingerprint density at radius 1 is 0.544 bits per heavy atom. The number of pyridine rings is 7. The predicted octanol–water partition coefficient (Wildman–Crippen LogP) is 23.6. The third-order valence-electron chi connectivity index (χ3n) is 18.6. The normalized spacial score (nSPS) is 14.3. The maximum absolute atomic E-state index is 13.4. The number of fused-ring (bicyclic) bond motifs is 4. The van der Waals surface area contributed by atoms with Crippen LogP contribution in [0, 0.1) is 22.0 Å². The number of aliphatic hydroxyl groups is 1. The van der Waals surface area contributed by atoms with Crippen molar-refractivity contribution in [3.63, 3.8) is 0 Å². The van der Waals surface area contributed by atoms with Gasteiger partial charge in [-0.25, -0.2) is 14.0 Å². The van der Waals surface area contributed by atoms with E-state index in [0.717, 1.165) is 53.3 Å². The minimum Gasteiger partial charge on any atom is -0.396 e.